The first-order valence-corrected chi connectivity index (χ1v) is 6.86. The van der Waals surface area contributed by atoms with Crippen molar-refractivity contribution in [2.24, 2.45) is 0 Å². The Morgan fingerprint density at radius 2 is 1.59 bits per heavy atom. The van der Waals surface area contributed by atoms with Crippen LogP contribution in [0.15, 0.2) is 12.2 Å². The molecule has 1 rings (SSSR count). The first-order valence-electron chi connectivity index (χ1n) is 6.86. The predicted octanol–water partition coefficient (Wildman–Crippen LogP) is -1.10. The standard InChI is InChI=1S/C14H19N3O5/c1-8(10(3)18)16-14(22)9(2)15-11(19)6-7-17-12(20)4-5-13(17)21/h4-5,8-9H,6-7H2,1-3H3,(H,15,19)(H,16,22)/t8-,9?/m0/s1. The van der Waals surface area contributed by atoms with E-state index in [1.54, 1.807) is 6.92 Å². The summed E-state index contributed by atoms with van der Waals surface area (Å²) in [5, 5.41) is 4.91. The molecule has 120 valence electrons. The van der Waals surface area contributed by atoms with Gasteiger partial charge in [-0.05, 0) is 20.8 Å². The van der Waals surface area contributed by atoms with Gasteiger partial charge in [0, 0.05) is 25.1 Å². The van der Waals surface area contributed by atoms with E-state index in [1.165, 1.54) is 13.8 Å². The van der Waals surface area contributed by atoms with Crippen LogP contribution in [0, 0.1) is 0 Å². The van der Waals surface area contributed by atoms with Crippen LogP contribution in [0.5, 0.6) is 0 Å². The summed E-state index contributed by atoms with van der Waals surface area (Å²) >= 11 is 0. The second kappa shape index (κ2) is 7.48. The third-order valence-corrected chi connectivity index (χ3v) is 3.20. The number of hydrogen-bond acceptors (Lipinski definition) is 5. The number of amides is 4. The summed E-state index contributed by atoms with van der Waals surface area (Å²) in [4.78, 5) is 58.1. The van der Waals surface area contributed by atoms with Gasteiger partial charge in [0.2, 0.25) is 11.8 Å². The van der Waals surface area contributed by atoms with E-state index in [4.69, 9.17) is 0 Å². The van der Waals surface area contributed by atoms with E-state index in [2.05, 4.69) is 10.6 Å². The number of nitrogens with zero attached hydrogens (tertiary/aromatic N) is 1. The van der Waals surface area contributed by atoms with Gasteiger partial charge >= 0.3 is 0 Å². The molecule has 0 saturated heterocycles. The van der Waals surface area contributed by atoms with Crippen LogP contribution in [0.2, 0.25) is 0 Å². The van der Waals surface area contributed by atoms with Crippen molar-refractivity contribution in [2.45, 2.75) is 39.3 Å². The Bertz CT molecular complexity index is 523. The van der Waals surface area contributed by atoms with E-state index in [-0.39, 0.29) is 18.7 Å². The Labute approximate surface area is 127 Å². The highest BCUT2D eigenvalue weighted by Crippen LogP contribution is 2.04. The lowest BCUT2D eigenvalue weighted by Gasteiger charge is -2.18. The summed E-state index contributed by atoms with van der Waals surface area (Å²) in [6.07, 6.45) is 2.18. The van der Waals surface area contributed by atoms with Gasteiger partial charge in [0.05, 0.1) is 6.04 Å². The average Bonchev–Trinajstić information content (AvgIpc) is 2.75. The summed E-state index contributed by atoms with van der Waals surface area (Å²) in [6, 6.07) is -1.45. The van der Waals surface area contributed by atoms with Crippen LogP contribution in [-0.4, -0.2) is 52.9 Å². The lowest BCUT2D eigenvalue weighted by molar-refractivity contribution is -0.137. The van der Waals surface area contributed by atoms with Gasteiger partial charge in [0.25, 0.3) is 11.8 Å². The monoisotopic (exact) mass is 309 g/mol. The number of rotatable bonds is 7. The van der Waals surface area contributed by atoms with Gasteiger partial charge in [0.15, 0.2) is 5.78 Å². The molecule has 0 aromatic heterocycles. The summed E-state index contributed by atoms with van der Waals surface area (Å²) in [5.41, 5.74) is 0. The highest BCUT2D eigenvalue weighted by atomic mass is 16.2. The molecule has 4 amide bonds. The number of ketones is 1. The molecule has 0 spiro atoms. The molecule has 1 heterocycles. The van der Waals surface area contributed by atoms with E-state index in [0.29, 0.717) is 0 Å². The zero-order valence-electron chi connectivity index (χ0n) is 12.7. The van der Waals surface area contributed by atoms with Crippen molar-refractivity contribution < 1.29 is 24.0 Å². The molecule has 2 N–H and O–H groups in total. The summed E-state index contributed by atoms with van der Waals surface area (Å²) in [7, 11) is 0. The molecule has 0 aromatic carbocycles. The SMILES string of the molecule is CC(=O)[C@H](C)NC(=O)C(C)NC(=O)CCN1C(=O)C=CC1=O. The number of hydrogen-bond donors (Lipinski definition) is 2. The topological polar surface area (TPSA) is 113 Å². The smallest absolute Gasteiger partial charge is 0.253 e. The molecule has 0 saturated carbocycles. The molecule has 0 aromatic rings. The zero-order chi connectivity index (χ0) is 16.9. The number of nitrogens with one attached hydrogen (secondary N) is 2. The van der Waals surface area contributed by atoms with Crippen molar-refractivity contribution >= 4 is 29.4 Å². The molecule has 1 unspecified atom stereocenters. The molecule has 0 bridgehead atoms. The average molecular weight is 309 g/mol. The Morgan fingerprint density at radius 1 is 1.05 bits per heavy atom. The van der Waals surface area contributed by atoms with Gasteiger partial charge in [0.1, 0.15) is 6.04 Å². The fourth-order valence-electron chi connectivity index (χ4n) is 1.68. The van der Waals surface area contributed by atoms with Crippen LogP contribution in [0.1, 0.15) is 27.2 Å². The normalized spacial score (nSPS) is 16.4. The maximum absolute atomic E-state index is 11.8. The van der Waals surface area contributed by atoms with Gasteiger partial charge in [-0.2, -0.15) is 0 Å². The molecule has 1 aliphatic heterocycles. The third-order valence-electron chi connectivity index (χ3n) is 3.20. The maximum Gasteiger partial charge on any atom is 0.253 e. The van der Waals surface area contributed by atoms with Crippen molar-refractivity contribution in [3.05, 3.63) is 12.2 Å². The molecule has 8 heteroatoms. The van der Waals surface area contributed by atoms with Crippen LogP contribution >= 0.6 is 0 Å². The van der Waals surface area contributed by atoms with Crippen LogP contribution in [0.4, 0.5) is 0 Å². The second-order valence-electron chi connectivity index (χ2n) is 5.04. The van der Waals surface area contributed by atoms with E-state index in [1.807, 2.05) is 0 Å². The fourth-order valence-corrected chi connectivity index (χ4v) is 1.68. The molecule has 22 heavy (non-hydrogen) atoms. The van der Waals surface area contributed by atoms with Crippen molar-refractivity contribution in [3.63, 3.8) is 0 Å². The minimum atomic E-state index is -0.822. The van der Waals surface area contributed by atoms with Crippen LogP contribution in [0.3, 0.4) is 0 Å². The molecule has 0 radical (unpaired) electrons. The quantitative estimate of drug-likeness (QED) is 0.580. The Hall–Kier alpha value is -2.51. The third kappa shape index (κ3) is 4.80. The van der Waals surface area contributed by atoms with E-state index in [9.17, 15) is 24.0 Å². The largest absolute Gasteiger partial charge is 0.345 e. The summed E-state index contributed by atoms with van der Waals surface area (Å²) in [6.45, 7) is 4.33. The molecular formula is C14H19N3O5. The van der Waals surface area contributed by atoms with Gasteiger partial charge < -0.3 is 10.6 Å². The highest BCUT2D eigenvalue weighted by Gasteiger charge is 2.24. The zero-order valence-corrected chi connectivity index (χ0v) is 12.7. The molecule has 8 nitrogen and oxygen atoms in total. The minimum absolute atomic E-state index is 0.0469. The number of carbonyl (C=O) groups excluding carboxylic acids is 5. The molecule has 0 aliphatic carbocycles. The fraction of sp³-hybridized carbons (Fsp3) is 0.500. The van der Waals surface area contributed by atoms with Gasteiger partial charge in [-0.25, -0.2) is 0 Å². The van der Waals surface area contributed by atoms with E-state index >= 15 is 0 Å². The number of carbonyl (C=O) groups is 5. The molecule has 2 atom stereocenters. The van der Waals surface area contributed by atoms with Gasteiger partial charge in [-0.15, -0.1) is 0 Å². The summed E-state index contributed by atoms with van der Waals surface area (Å²) < 4.78 is 0. The summed E-state index contributed by atoms with van der Waals surface area (Å²) in [5.74, 6) is -2.06. The predicted molar refractivity (Wildman–Crippen MR) is 76.4 cm³/mol. The van der Waals surface area contributed by atoms with Crippen LogP contribution < -0.4 is 10.6 Å². The Balaban J connectivity index is 2.38. The van der Waals surface area contributed by atoms with Crippen molar-refractivity contribution in [1.29, 1.82) is 0 Å². The van der Waals surface area contributed by atoms with Crippen LogP contribution in [0.25, 0.3) is 0 Å². The van der Waals surface area contributed by atoms with Crippen molar-refractivity contribution in [3.8, 4) is 0 Å². The van der Waals surface area contributed by atoms with Crippen molar-refractivity contribution in [1.82, 2.24) is 15.5 Å². The van der Waals surface area contributed by atoms with E-state index < -0.39 is 35.7 Å². The Kier molecular flexibility index (Phi) is 5.97. The molecular weight excluding hydrogens is 290 g/mol. The van der Waals surface area contributed by atoms with Crippen molar-refractivity contribution in [2.75, 3.05) is 6.54 Å². The number of imide groups is 1. The Morgan fingerprint density at radius 3 is 2.09 bits per heavy atom. The number of Topliss-reactive ketones (excluding diaryl/α,β-unsaturated/α-hetero) is 1. The van der Waals surface area contributed by atoms with Gasteiger partial charge in [-0.1, -0.05) is 0 Å². The van der Waals surface area contributed by atoms with Gasteiger partial charge in [-0.3, -0.25) is 28.9 Å². The van der Waals surface area contributed by atoms with E-state index in [0.717, 1.165) is 17.1 Å². The first-order chi connectivity index (χ1) is 10.2. The first kappa shape index (κ1) is 17.5. The minimum Gasteiger partial charge on any atom is -0.345 e. The molecule has 0 fully saturated rings. The lowest BCUT2D eigenvalue weighted by Crippen LogP contribution is -2.49. The second-order valence-corrected chi connectivity index (χ2v) is 5.04. The molecule has 1 aliphatic rings. The maximum atomic E-state index is 11.8. The highest BCUT2D eigenvalue weighted by molar-refractivity contribution is 6.13. The van der Waals surface area contributed by atoms with Crippen LogP contribution in [-0.2, 0) is 24.0 Å². The lowest BCUT2D eigenvalue weighted by atomic mass is 10.2.